The van der Waals surface area contributed by atoms with E-state index in [2.05, 4.69) is 34.6 Å². The lowest BCUT2D eigenvalue weighted by Gasteiger charge is -2.11. The average Bonchev–Trinajstić information content (AvgIpc) is 2.85. The summed E-state index contributed by atoms with van der Waals surface area (Å²) in [4.78, 5) is 17.3. The number of aromatic nitrogens is 1. The van der Waals surface area contributed by atoms with Crippen molar-refractivity contribution in [3.05, 3.63) is 137 Å². The van der Waals surface area contributed by atoms with Crippen LogP contribution in [0.5, 0.6) is 0 Å². The van der Waals surface area contributed by atoms with Crippen LogP contribution in [0.4, 0.5) is 15.8 Å². The lowest BCUT2D eigenvalue weighted by molar-refractivity contribution is 0.0993. The van der Waals surface area contributed by atoms with Gasteiger partial charge in [-0.2, -0.15) is 0 Å². The zero-order valence-corrected chi connectivity index (χ0v) is 18.5. The minimum Gasteiger partial charge on any atom is -0.355 e. The number of benzene rings is 4. The Labute approximate surface area is 197 Å². The summed E-state index contributed by atoms with van der Waals surface area (Å²) >= 11 is 0. The van der Waals surface area contributed by atoms with Gasteiger partial charge >= 0.3 is 0 Å². The molecule has 1 heterocycles. The number of ketones is 1. The number of fused-ring (bicyclic) bond motifs is 1. The summed E-state index contributed by atoms with van der Waals surface area (Å²) < 4.78 is 13.8. The topological polar surface area (TPSA) is 42.0 Å². The van der Waals surface area contributed by atoms with Gasteiger partial charge in [-0.15, -0.1) is 0 Å². The van der Waals surface area contributed by atoms with Crippen molar-refractivity contribution in [1.29, 1.82) is 0 Å². The fourth-order valence-electron chi connectivity index (χ4n) is 4.12. The highest BCUT2D eigenvalue weighted by atomic mass is 19.1. The number of hydrogen-bond acceptors (Lipinski definition) is 3. The Morgan fingerprint density at radius 1 is 0.765 bits per heavy atom. The van der Waals surface area contributed by atoms with Gasteiger partial charge in [0.05, 0.1) is 5.52 Å². The van der Waals surface area contributed by atoms with Gasteiger partial charge < -0.3 is 5.32 Å². The highest BCUT2D eigenvalue weighted by Gasteiger charge is 2.10. The molecule has 0 aliphatic heterocycles. The van der Waals surface area contributed by atoms with Gasteiger partial charge in [0.2, 0.25) is 0 Å². The van der Waals surface area contributed by atoms with Crippen molar-refractivity contribution in [2.75, 3.05) is 5.32 Å². The number of nitrogens with zero attached hydrogens (tertiary/aromatic N) is 1. The second-order valence-electron chi connectivity index (χ2n) is 8.31. The molecule has 1 aromatic heterocycles. The van der Waals surface area contributed by atoms with E-state index in [9.17, 15) is 9.18 Å². The maximum Gasteiger partial charge on any atom is 0.167 e. The molecular weight excluding hydrogens is 423 g/mol. The van der Waals surface area contributed by atoms with Crippen molar-refractivity contribution in [1.82, 2.24) is 4.98 Å². The quantitative estimate of drug-likeness (QED) is 0.270. The van der Waals surface area contributed by atoms with Crippen LogP contribution in [0.15, 0.2) is 109 Å². The first-order chi connectivity index (χ1) is 16.6. The zero-order valence-electron chi connectivity index (χ0n) is 18.5. The van der Waals surface area contributed by atoms with Gasteiger partial charge in [-0.1, -0.05) is 66.7 Å². The number of carbonyl (C=O) groups is 1. The van der Waals surface area contributed by atoms with Crippen molar-refractivity contribution in [2.24, 2.45) is 0 Å². The Morgan fingerprint density at radius 2 is 1.56 bits per heavy atom. The molecule has 0 unspecified atom stereocenters. The molecule has 166 valence electrons. The molecule has 4 heteroatoms. The normalized spacial score (nSPS) is 10.9. The summed E-state index contributed by atoms with van der Waals surface area (Å²) in [6.07, 6.45) is 2.85. The minimum absolute atomic E-state index is 0.0474. The summed E-state index contributed by atoms with van der Waals surface area (Å²) in [6.45, 7) is 0. The molecule has 3 nitrogen and oxygen atoms in total. The molecule has 34 heavy (non-hydrogen) atoms. The average molecular weight is 447 g/mol. The molecule has 5 aromatic rings. The van der Waals surface area contributed by atoms with E-state index >= 15 is 0 Å². The fourth-order valence-corrected chi connectivity index (χ4v) is 4.12. The zero-order chi connectivity index (χ0) is 23.3. The van der Waals surface area contributed by atoms with E-state index in [0.717, 1.165) is 23.4 Å². The summed E-state index contributed by atoms with van der Waals surface area (Å²) in [6, 6.07) is 32.2. The smallest absolute Gasteiger partial charge is 0.167 e. The van der Waals surface area contributed by atoms with Gasteiger partial charge in [-0.05, 0) is 59.5 Å². The number of Topliss-reactive ketones (excluding diaryl/α,β-unsaturated/α-hetero) is 1. The minimum atomic E-state index is -0.318. The van der Waals surface area contributed by atoms with Crippen molar-refractivity contribution >= 4 is 28.1 Å². The molecule has 1 N–H and O–H groups in total. The standard InChI is InChI=1S/C30H23FN2O/c31-25-12-13-28-27(20-25)29(14-15-32-28)33-26-11-5-10-24(19-26)30(34)18-23-9-4-8-22(17-23)16-21-6-2-1-3-7-21/h1-15,17,19-20H,16,18H2,(H,32,33). The highest BCUT2D eigenvalue weighted by molar-refractivity contribution is 5.99. The molecule has 0 saturated carbocycles. The van der Waals surface area contributed by atoms with E-state index in [0.29, 0.717) is 22.9 Å². The Morgan fingerprint density at radius 3 is 2.44 bits per heavy atom. The Balaban J connectivity index is 1.33. The molecule has 0 aliphatic rings. The van der Waals surface area contributed by atoms with Gasteiger partial charge in [0.15, 0.2) is 5.78 Å². The molecule has 0 aliphatic carbocycles. The SMILES string of the molecule is O=C(Cc1cccc(Cc2ccccc2)c1)c1cccc(Nc2ccnc3ccc(F)cc23)c1. The first-order valence-corrected chi connectivity index (χ1v) is 11.2. The van der Waals surface area contributed by atoms with E-state index in [1.54, 1.807) is 18.3 Å². The molecule has 4 aromatic carbocycles. The van der Waals surface area contributed by atoms with E-state index in [4.69, 9.17) is 0 Å². The predicted molar refractivity (Wildman–Crippen MR) is 135 cm³/mol. The van der Waals surface area contributed by atoms with E-state index in [1.807, 2.05) is 54.6 Å². The van der Waals surface area contributed by atoms with Crippen molar-refractivity contribution in [3.8, 4) is 0 Å². The number of carbonyl (C=O) groups excluding carboxylic acids is 1. The maximum atomic E-state index is 13.8. The summed E-state index contributed by atoms with van der Waals surface area (Å²) in [7, 11) is 0. The number of pyridine rings is 1. The summed E-state index contributed by atoms with van der Waals surface area (Å²) in [5, 5.41) is 4.00. The van der Waals surface area contributed by atoms with Crippen molar-refractivity contribution in [2.45, 2.75) is 12.8 Å². The molecule has 0 radical (unpaired) electrons. The van der Waals surface area contributed by atoms with E-state index in [-0.39, 0.29) is 11.6 Å². The number of rotatable bonds is 7. The van der Waals surface area contributed by atoms with Gasteiger partial charge in [0.25, 0.3) is 0 Å². The lowest BCUT2D eigenvalue weighted by Crippen LogP contribution is -2.05. The Hall–Kier alpha value is -4.31. The number of halogens is 1. The molecule has 0 fully saturated rings. The Bertz CT molecular complexity index is 1460. The number of anilines is 2. The second kappa shape index (κ2) is 9.67. The van der Waals surface area contributed by atoms with Crippen molar-refractivity contribution < 1.29 is 9.18 Å². The molecule has 0 bridgehead atoms. The molecule has 0 amide bonds. The first kappa shape index (κ1) is 21.5. The third kappa shape index (κ3) is 5.02. The first-order valence-electron chi connectivity index (χ1n) is 11.2. The van der Waals surface area contributed by atoms with Crippen LogP contribution in [-0.2, 0) is 12.8 Å². The van der Waals surface area contributed by atoms with Crippen LogP contribution in [0.25, 0.3) is 10.9 Å². The van der Waals surface area contributed by atoms with Gasteiger partial charge in [-0.25, -0.2) is 4.39 Å². The van der Waals surface area contributed by atoms with Crippen LogP contribution in [0, 0.1) is 5.82 Å². The summed E-state index contributed by atoms with van der Waals surface area (Å²) in [5.74, 6) is -0.270. The number of hydrogen-bond donors (Lipinski definition) is 1. The van der Waals surface area contributed by atoms with Crippen LogP contribution < -0.4 is 5.32 Å². The predicted octanol–water partition coefficient (Wildman–Crippen LogP) is 7.13. The third-order valence-electron chi connectivity index (χ3n) is 5.77. The lowest BCUT2D eigenvalue weighted by atomic mass is 9.98. The fraction of sp³-hybridized carbons (Fsp3) is 0.0667. The molecular formula is C30H23FN2O. The van der Waals surface area contributed by atoms with E-state index < -0.39 is 0 Å². The monoisotopic (exact) mass is 446 g/mol. The maximum absolute atomic E-state index is 13.8. The second-order valence-corrected chi connectivity index (χ2v) is 8.31. The molecule has 0 spiro atoms. The van der Waals surface area contributed by atoms with E-state index in [1.165, 1.54) is 23.3 Å². The van der Waals surface area contributed by atoms with Crippen LogP contribution in [0.3, 0.4) is 0 Å². The van der Waals surface area contributed by atoms with Crippen LogP contribution >= 0.6 is 0 Å². The largest absolute Gasteiger partial charge is 0.355 e. The summed E-state index contributed by atoms with van der Waals surface area (Å²) in [5.41, 5.74) is 6.25. The van der Waals surface area contributed by atoms with Crippen LogP contribution in [0.2, 0.25) is 0 Å². The van der Waals surface area contributed by atoms with Crippen molar-refractivity contribution in [3.63, 3.8) is 0 Å². The number of nitrogens with one attached hydrogen (secondary N) is 1. The van der Waals surface area contributed by atoms with Gasteiger partial charge in [0, 0.05) is 34.9 Å². The molecule has 0 atom stereocenters. The van der Waals surface area contributed by atoms with Gasteiger partial charge in [0.1, 0.15) is 5.82 Å². The Kier molecular flexibility index (Phi) is 6.13. The highest BCUT2D eigenvalue weighted by Crippen LogP contribution is 2.26. The van der Waals surface area contributed by atoms with Gasteiger partial charge in [-0.3, -0.25) is 9.78 Å². The van der Waals surface area contributed by atoms with Crippen LogP contribution in [0.1, 0.15) is 27.0 Å². The molecule has 5 rings (SSSR count). The molecule has 0 saturated heterocycles. The van der Waals surface area contributed by atoms with Crippen LogP contribution in [-0.4, -0.2) is 10.8 Å². The third-order valence-corrected chi connectivity index (χ3v) is 5.77.